The van der Waals surface area contributed by atoms with Crippen molar-refractivity contribution in [2.24, 2.45) is 5.73 Å². The van der Waals surface area contributed by atoms with E-state index in [4.69, 9.17) is 17.3 Å². The van der Waals surface area contributed by atoms with E-state index in [-0.39, 0.29) is 16.9 Å². The van der Waals surface area contributed by atoms with Gasteiger partial charge >= 0.3 is 0 Å². The molecule has 0 fully saturated rings. The van der Waals surface area contributed by atoms with Crippen LogP contribution >= 0.6 is 11.6 Å². The molecule has 0 amide bonds. The molecule has 2 aromatic carbocycles. The third-order valence-electron chi connectivity index (χ3n) is 4.14. The van der Waals surface area contributed by atoms with E-state index in [1.165, 1.54) is 11.1 Å². The van der Waals surface area contributed by atoms with Gasteiger partial charge in [0.25, 0.3) is 0 Å². The highest BCUT2D eigenvalue weighted by Gasteiger charge is 2.25. The second kappa shape index (κ2) is 6.14. The van der Waals surface area contributed by atoms with E-state index in [2.05, 4.69) is 23.1 Å². The van der Waals surface area contributed by atoms with Crippen molar-refractivity contribution in [2.75, 3.05) is 6.54 Å². The number of benzene rings is 2. The quantitative estimate of drug-likeness (QED) is 0.942. The first-order chi connectivity index (χ1) is 10.2. The van der Waals surface area contributed by atoms with Crippen LogP contribution < -0.4 is 5.73 Å². The molecule has 0 spiro atoms. The number of nitrogens with two attached hydrogens (primary N) is 1. The first kappa shape index (κ1) is 14.5. The Balaban J connectivity index is 1.86. The molecule has 1 unspecified atom stereocenters. The number of hydrogen-bond acceptors (Lipinski definition) is 2. The van der Waals surface area contributed by atoms with Gasteiger partial charge in [0.05, 0.1) is 5.02 Å². The average molecular weight is 305 g/mol. The molecule has 110 valence electrons. The fourth-order valence-corrected chi connectivity index (χ4v) is 3.14. The molecule has 1 aliphatic rings. The summed E-state index contributed by atoms with van der Waals surface area (Å²) in [5.41, 5.74) is 9.18. The van der Waals surface area contributed by atoms with Crippen LogP contribution in [0.25, 0.3) is 0 Å². The molecule has 0 saturated carbocycles. The van der Waals surface area contributed by atoms with E-state index in [1.807, 2.05) is 6.07 Å². The van der Waals surface area contributed by atoms with Gasteiger partial charge < -0.3 is 5.73 Å². The zero-order chi connectivity index (χ0) is 14.8. The van der Waals surface area contributed by atoms with Crippen molar-refractivity contribution < 1.29 is 4.39 Å². The summed E-state index contributed by atoms with van der Waals surface area (Å²) >= 11 is 5.86. The second-order valence-electron chi connectivity index (χ2n) is 5.48. The first-order valence-corrected chi connectivity index (χ1v) is 7.50. The van der Waals surface area contributed by atoms with Gasteiger partial charge in [0.1, 0.15) is 5.82 Å². The fourth-order valence-electron chi connectivity index (χ4n) is 2.95. The third kappa shape index (κ3) is 2.95. The number of fused-ring (bicyclic) bond motifs is 1. The Morgan fingerprint density at radius 3 is 2.67 bits per heavy atom. The standard InChI is InChI=1S/C17H18ClFN2/c18-16-7-3-6-14(17(16)19)11-21-10-13-5-2-1-4-12(13)8-15(21)9-20/h1-7,15H,8-11,20H2. The van der Waals surface area contributed by atoms with E-state index in [0.717, 1.165) is 13.0 Å². The molecule has 21 heavy (non-hydrogen) atoms. The summed E-state index contributed by atoms with van der Waals surface area (Å²) in [5, 5.41) is 0.175. The molecule has 1 aliphatic heterocycles. The van der Waals surface area contributed by atoms with Gasteiger partial charge in [-0.25, -0.2) is 4.39 Å². The van der Waals surface area contributed by atoms with Crippen LogP contribution in [0.1, 0.15) is 16.7 Å². The SMILES string of the molecule is NCC1Cc2ccccc2CN1Cc1cccc(Cl)c1F. The van der Waals surface area contributed by atoms with Gasteiger partial charge in [0, 0.05) is 31.2 Å². The molecular formula is C17H18ClFN2. The molecule has 0 aromatic heterocycles. The van der Waals surface area contributed by atoms with Crippen LogP contribution in [0.3, 0.4) is 0 Å². The minimum Gasteiger partial charge on any atom is -0.329 e. The van der Waals surface area contributed by atoms with Crippen LogP contribution in [0.4, 0.5) is 4.39 Å². The van der Waals surface area contributed by atoms with Crippen molar-refractivity contribution in [1.29, 1.82) is 0 Å². The molecule has 3 rings (SSSR count). The summed E-state index contributed by atoms with van der Waals surface area (Å²) in [6, 6.07) is 13.8. The lowest BCUT2D eigenvalue weighted by molar-refractivity contribution is 0.165. The highest BCUT2D eigenvalue weighted by atomic mass is 35.5. The highest BCUT2D eigenvalue weighted by Crippen LogP contribution is 2.26. The Morgan fingerprint density at radius 1 is 1.14 bits per heavy atom. The maximum atomic E-state index is 14.1. The van der Waals surface area contributed by atoms with Crippen LogP contribution in [0.5, 0.6) is 0 Å². The van der Waals surface area contributed by atoms with Gasteiger partial charge in [0.15, 0.2) is 0 Å². The summed E-state index contributed by atoms with van der Waals surface area (Å²) in [6.07, 6.45) is 0.912. The predicted octanol–water partition coefficient (Wildman–Crippen LogP) is 3.36. The van der Waals surface area contributed by atoms with E-state index < -0.39 is 0 Å². The maximum absolute atomic E-state index is 14.1. The van der Waals surface area contributed by atoms with Crippen molar-refractivity contribution in [3.63, 3.8) is 0 Å². The third-order valence-corrected chi connectivity index (χ3v) is 4.43. The topological polar surface area (TPSA) is 29.3 Å². The molecule has 2 nitrogen and oxygen atoms in total. The monoisotopic (exact) mass is 304 g/mol. The summed E-state index contributed by atoms with van der Waals surface area (Å²) in [5.74, 6) is -0.325. The zero-order valence-electron chi connectivity index (χ0n) is 11.7. The molecule has 0 bridgehead atoms. The Kier molecular flexibility index (Phi) is 4.24. The Morgan fingerprint density at radius 2 is 1.90 bits per heavy atom. The Labute approximate surface area is 129 Å². The summed E-state index contributed by atoms with van der Waals surface area (Å²) in [6.45, 7) is 1.89. The second-order valence-corrected chi connectivity index (χ2v) is 5.89. The van der Waals surface area contributed by atoms with Crippen molar-refractivity contribution >= 4 is 11.6 Å². The highest BCUT2D eigenvalue weighted by molar-refractivity contribution is 6.30. The van der Waals surface area contributed by atoms with Gasteiger partial charge in [0.2, 0.25) is 0 Å². The maximum Gasteiger partial charge on any atom is 0.146 e. The number of nitrogens with zero attached hydrogens (tertiary/aromatic N) is 1. The minimum atomic E-state index is -0.325. The van der Waals surface area contributed by atoms with Gasteiger partial charge in [-0.3, -0.25) is 4.90 Å². The number of hydrogen-bond donors (Lipinski definition) is 1. The van der Waals surface area contributed by atoms with E-state index >= 15 is 0 Å². The lowest BCUT2D eigenvalue weighted by Gasteiger charge is -2.36. The minimum absolute atomic E-state index is 0.175. The lowest BCUT2D eigenvalue weighted by atomic mass is 9.93. The Hall–Kier alpha value is -1.42. The van der Waals surface area contributed by atoms with Gasteiger partial charge in [-0.2, -0.15) is 0 Å². The van der Waals surface area contributed by atoms with Crippen LogP contribution in [0, 0.1) is 5.82 Å². The fraction of sp³-hybridized carbons (Fsp3) is 0.294. The van der Waals surface area contributed by atoms with Gasteiger partial charge in [-0.15, -0.1) is 0 Å². The van der Waals surface area contributed by atoms with Crippen LogP contribution in [-0.4, -0.2) is 17.5 Å². The average Bonchev–Trinajstić information content (AvgIpc) is 2.51. The van der Waals surface area contributed by atoms with Crippen LogP contribution in [0.15, 0.2) is 42.5 Å². The molecule has 2 N–H and O–H groups in total. The molecule has 0 saturated heterocycles. The van der Waals surface area contributed by atoms with Crippen LogP contribution in [-0.2, 0) is 19.5 Å². The largest absolute Gasteiger partial charge is 0.329 e. The molecule has 1 heterocycles. The normalized spacial score (nSPS) is 18.5. The molecule has 1 atom stereocenters. The summed E-state index contributed by atoms with van der Waals surface area (Å²) in [4.78, 5) is 2.23. The van der Waals surface area contributed by atoms with Crippen LogP contribution in [0.2, 0.25) is 5.02 Å². The summed E-state index contributed by atoms with van der Waals surface area (Å²) in [7, 11) is 0. The van der Waals surface area contributed by atoms with E-state index in [1.54, 1.807) is 18.2 Å². The molecular weight excluding hydrogens is 287 g/mol. The molecule has 4 heteroatoms. The molecule has 2 aromatic rings. The lowest BCUT2D eigenvalue weighted by Crippen LogP contribution is -2.44. The number of halogens is 2. The first-order valence-electron chi connectivity index (χ1n) is 7.13. The van der Waals surface area contributed by atoms with E-state index in [0.29, 0.717) is 18.7 Å². The van der Waals surface area contributed by atoms with Gasteiger partial charge in [-0.05, 0) is 23.6 Å². The smallest absolute Gasteiger partial charge is 0.146 e. The summed E-state index contributed by atoms with van der Waals surface area (Å²) < 4.78 is 14.1. The van der Waals surface area contributed by atoms with Crippen molar-refractivity contribution in [1.82, 2.24) is 4.90 Å². The van der Waals surface area contributed by atoms with Crippen molar-refractivity contribution in [2.45, 2.75) is 25.6 Å². The molecule has 0 radical (unpaired) electrons. The van der Waals surface area contributed by atoms with Crippen molar-refractivity contribution in [3.8, 4) is 0 Å². The number of rotatable bonds is 3. The van der Waals surface area contributed by atoms with Crippen molar-refractivity contribution in [3.05, 3.63) is 70.0 Å². The van der Waals surface area contributed by atoms with Gasteiger partial charge in [-0.1, -0.05) is 48.0 Å². The Bertz CT molecular complexity index is 644. The molecule has 0 aliphatic carbocycles. The van der Waals surface area contributed by atoms with E-state index in [9.17, 15) is 4.39 Å². The zero-order valence-corrected chi connectivity index (χ0v) is 12.5. The predicted molar refractivity (Wildman–Crippen MR) is 83.6 cm³/mol.